The van der Waals surface area contributed by atoms with Crippen LogP contribution in [0.5, 0.6) is 11.6 Å². The number of carbonyl (C=O) groups is 2. The van der Waals surface area contributed by atoms with Gasteiger partial charge in [0.1, 0.15) is 22.8 Å². The van der Waals surface area contributed by atoms with Crippen LogP contribution >= 0.6 is 15.9 Å². The van der Waals surface area contributed by atoms with Crippen LogP contribution in [0.2, 0.25) is 0 Å². The zero-order valence-electron chi connectivity index (χ0n) is 16.2. The lowest BCUT2D eigenvalue weighted by atomic mass is 10.2. The Morgan fingerprint density at radius 2 is 1.71 bits per heavy atom. The summed E-state index contributed by atoms with van der Waals surface area (Å²) in [5.74, 6) is -0.420. The van der Waals surface area contributed by atoms with E-state index in [2.05, 4.69) is 30.9 Å². The van der Waals surface area contributed by atoms with Crippen LogP contribution in [0, 0.1) is 5.82 Å². The van der Waals surface area contributed by atoms with Crippen LogP contribution in [0.25, 0.3) is 0 Å². The molecule has 31 heavy (non-hydrogen) atoms. The second kappa shape index (κ2) is 9.17. The quantitative estimate of drug-likeness (QED) is 0.563. The average molecular weight is 486 g/mol. The minimum absolute atomic E-state index is 0.123. The number of nitrogens with zero attached hydrogens (tertiary/aromatic N) is 5. The van der Waals surface area contributed by atoms with Gasteiger partial charge in [0.2, 0.25) is 5.88 Å². The minimum Gasteiger partial charge on any atom is -0.437 e. The predicted octanol–water partition coefficient (Wildman–Crippen LogP) is 3.16. The van der Waals surface area contributed by atoms with Crippen molar-refractivity contribution in [3.8, 4) is 11.6 Å². The van der Waals surface area contributed by atoms with E-state index in [1.54, 1.807) is 21.9 Å². The van der Waals surface area contributed by atoms with Crippen LogP contribution in [0.15, 0.2) is 59.6 Å². The molecule has 3 aromatic rings. The summed E-state index contributed by atoms with van der Waals surface area (Å²) >= 11 is 3.25. The third kappa shape index (κ3) is 4.69. The average Bonchev–Trinajstić information content (AvgIpc) is 2.81. The Balaban J connectivity index is 1.45. The van der Waals surface area contributed by atoms with Crippen molar-refractivity contribution in [1.82, 2.24) is 24.8 Å². The van der Waals surface area contributed by atoms with E-state index in [-0.39, 0.29) is 29.0 Å². The summed E-state index contributed by atoms with van der Waals surface area (Å²) in [6, 6.07) is 7.26. The van der Waals surface area contributed by atoms with Gasteiger partial charge in [-0.3, -0.25) is 14.6 Å². The van der Waals surface area contributed by atoms with E-state index in [1.165, 1.54) is 43.0 Å². The highest BCUT2D eigenvalue weighted by atomic mass is 79.9. The summed E-state index contributed by atoms with van der Waals surface area (Å²) in [5, 5.41) is 0. The lowest BCUT2D eigenvalue weighted by molar-refractivity contribution is 0.0530. The highest BCUT2D eigenvalue weighted by molar-refractivity contribution is 9.10. The minimum atomic E-state index is -0.412. The van der Waals surface area contributed by atoms with Gasteiger partial charge in [0.05, 0.1) is 10.7 Å². The number of pyridine rings is 1. The molecule has 0 bridgehead atoms. The molecule has 2 aromatic heterocycles. The van der Waals surface area contributed by atoms with Crippen molar-refractivity contribution in [2.24, 2.45) is 0 Å². The Morgan fingerprint density at radius 3 is 2.39 bits per heavy atom. The van der Waals surface area contributed by atoms with Crippen molar-refractivity contribution < 1.29 is 18.7 Å². The molecule has 0 atom stereocenters. The lowest BCUT2D eigenvalue weighted by Crippen LogP contribution is -2.50. The fourth-order valence-corrected chi connectivity index (χ4v) is 3.58. The first-order chi connectivity index (χ1) is 15.0. The van der Waals surface area contributed by atoms with Gasteiger partial charge in [-0.05, 0) is 46.3 Å². The molecular formula is C21H17BrFN5O3. The summed E-state index contributed by atoms with van der Waals surface area (Å²) in [4.78, 5) is 41.0. The van der Waals surface area contributed by atoms with Gasteiger partial charge < -0.3 is 14.5 Å². The molecule has 8 nitrogen and oxygen atoms in total. The van der Waals surface area contributed by atoms with Gasteiger partial charge in [0.25, 0.3) is 11.8 Å². The molecule has 0 saturated carbocycles. The SMILES string of the molecule is O=C(c1cnccn1)N1CCN(C(=O)c2cccnc2Oc2ccc(F)cc2Br)CC1. The number of halogens is 2. The van der Waals surface area contributed by atoms with Gasteiger partial charge in [-0.2, -0.15) is 0 Å². The Kier molecular flexibility index (Phi) is 6.17. The Labute approximate surface area is 185 Å². The van der Waals surface area contributed by atoms with E-state index in [0.717, 1.165) is 0 Å². The first kappa shape index (κ1) is 20.9. The highest BCUT2D eigenvalue weighted by Gasteiger charge is 2.28. The molecule has 4 rings (SSSR count). The first-order valence-electron chi connectivity index (χ1n) is 9.45. The van der Waals surface area contributed by atoms with E-state index in [0.29, 0.717) is 36.4 Å². The van der Waals surface area contributed by atoms with E-state index in [4.69, 9.17) is 4.74 Å². The molecule has 1 aliphatic heterocycles. The van der Waals surface area contributed by atoms with Crippen molar-refractivity contribution in [3.05, 3.63) is 76.7 Å². The molecule has 1 fully saturated rings. The number of benzene rings is 1. The zero-order valence-corrected chi connectivity index (χ0v) is 17.8. The van der Waals surface area contributed by atoms with Crippen LogP contribution in [0.4, 0.5) is 4.39 Å². The van der Waals surface area contributed by atoms with Crippen LogP contribution in [0.3, 0.4) is 0 Å². The maximum absolute atomic E-state index is 13.3. The van der Waals surface area contributed by atoms with Crippen LogP contribution in [0.1, 0.15) is 20.8 Å². The number of carbonyl (C=O) groups excluding carboxylic acids is 2. The fourth-order valence-electron chi connectivity index (χ4n) is 3.15. The van der Waals surface area contributed by atoms with Crippen LogP contribution < -0.4 is 4.74 Å². The molecule has 0 radical (unpaired) electrons. The summed E-state index contributed by atoms with van der Waals surface area (Å²) in [7, 11) is 0. The van der Waals surface area contributed by atoms with Gasteiger partial charge in [0.15, 0.2) is 0 Å². The van der Waals surface area contributed by atoms with Gasteiger partial charge in [-0.15, -0.1) is 0 Å². The van der Waals surface area contributed by atoms with Crippen molar-refractivity contribution in [2.75, 3.05) is 26.2 Å². The molecule has 1 aromatic carbocycles. The van der Waals surface area contributed by atoms with E-state index in [1.807, 2.05) is 0 Å². The van der Waals surface area contributed by atoms with Gasteiger partial charge >= 0.3 is 0 Å². The topological polar surface area (TPSA) is 88.5 Å². The third-order valence-electron chi connectivity index (χ3n) is 4.74. The zero-order chi connectivity index (χ0) is 21.8. The Hall–Kier alpha value is -3.40. The Bertz CT molecular complexity index is 1110. The molecule has 1 saturated heterocycles. The molecule has 1 aliphatic rings. The highest BCUT2D eigenvalue weighted by Crippen LogP contribution is 2.31. The molecule has 0 N–H and O–H groups in total. The smallest absolute Gasteiger partial charge is 0.274 e. The fraction of sp³-hybridized carbons (Fsp3) is 0.190. The largest absolute Gasteiger partial charge is 0.437 e. The van der Waals surface area contributed by atoms with Gasteiger partial charge in [-0.1, -0.05) is 0 Å². The molecule has 158 valence electrons. The summed E-state index contributed by atoms with van der Waals surface area (Å²) < 4.78 is 19.5. The monoisotopic (exact) mass is 485 g/mol. The van der Waals surface area contributed by atoms with Crippen molar-refractivity contribution in [2.45, 2.75) is 0 Å². The lowest BCUT2D eigenvalue weighted by Gasteiger charge is -2.34. The van der Waals surface area contributed by atoms with E-state index in [9.17, 15) is 14.0 Å². The normalized spacial score (nSPS) is 13.7. The third-order valence-corrected chi connectivity index (χ3v) is 5.36. The second-order valence-electron chi connectivity index (χ2n) is 6.71. The first-order valence-corrected chi connectivity index (χ1v) is 10.2. The number of ether oxygens (including phenoxy) is 1. The Morgan fingerprint density at radius 1 is 0.968 bits per heavy atom. The molecule has 0 spiro atoms. The maximum Gasteiger partial charge on any atom is 0.274 e. The van der Waals surface area contributed by atoms with E-state index < -0.39 is 5.82 Å². The van der Waals surface area contributed by atoms with Crippen molar-refractivity contribution in [3.63, 3.8) is 0 Å². The summed E-state index contributed by atoms with van der Waals surface area (Å²) in [6.45, 7) is 1.47. The number of rotatable bonds is 4. The molecule has 2 amide bonds. The second-order valence-corrected chi connectivity index (χ2v) is 7.56. The molecule has 0 unspecified atom stereocenters. The number of aromatic nitrogens is 3. The van der Waals surface area contributed by atoms with Gasteiger partial charge in [-0.25, -0.2) is 14.4 Å². The van der Waals surface area contributed by atoms with Crippen LogP contribution in [-0.2, 0) is 0 Å². The maximum atomic E-state index is 13.3. The summed E-state index contributed by atoms with van der Waals surface area (Å²) in [6.07, 6.45) is 5.91. The number of amides is 2. The molecular weight excluding hydrogens is 469 g/mol. The van der Waals surface area contributed by atoms with Crippen molar-refractivity contribution in [1.29, 1.82) is 0 Å². The standard InChI is InChI=1S/C21H17BrFN5O3/c22-16-12-14(23)3-4-18(16)31-19-15(2-1-5-26-19)20(29)27-8-10-28(11-9-27)21(30)17-13-24-6-7-25-17/h1-7,12-13H,8-11H2. The molecule has 0 aliphatic carbocycles. The molecule has 3 heterocycles. The van der Waals surface area contributed by atoms with Crippen LogP contribution in [-0.4, -0.2) is 62.7 Å². The molecule has 10 heteroatoms. The number of hydrogen-bond acceptors (Lipinski definition) is 6. The van der Waals surface area contributed by atoms with E-state index >= 15 is 0 Å². The predicted molar refractivity (Wildman–Crippen MR) is 112 cm³/mol. The van der Waals surface area contributed by atoms with Crippen molar-refractivity contribution >= 4 is 27.7 Å². The summed E-state index contributed by atoms with van der Waals surface area (Å²) in [5.41, 5.74) is 0.558. The number of piperazine rings is 1. The number of hydrogen-bond donors (Lipinski definition) is 0. The van der Waals surface area contributed by atoms with Gasteiger partial charge in [0, 0.05) is 44.8 Å².